The Morgan fingerprint density at radius 1 is 1.36 bits per heavy atom. The Labute approximate surface area is 130 Å². The van der Waals surface area contributed by atoms with Crippen molar-refractivity contribution in [3.8, 4) is 0 Å². The molecule has 1 aromatic carbocycles. The second-order valence-corrected chi connectivity index (χ2v) is 5.57. The molecule has 0 unspecified atom stereocenters. The highest BCUT2D eigenvalue weighted by atomic mass is 19.1. The molecule has 0 bridgehead atoms. The smallest absolute Gasteiger partial charge is 0.130 e. The fourth-order valence-electron chi connectivity index (χ4n) is 2.65. The summed E-state index contributed by atoms with van der Waals surface area (Å²) >= 11 is 0. The minimum absolute atomic E-state index is 0.280. The number of nitrogens with one attached hydrogen (secondary N) is 1. The van der Waals surface area contributed by atoms with Gasteiger partial charge in [-0.15, -0.1) is 0 Å². The van der Waals surface area contributed by atoms with Crippen molar-refractivity contribution in [2.24, 2.45) is 7.05 Å². The molecule has 0 aliphatic rings. The van der Waals surface area contributed by atoms with Gasteiger partial charge < -0.3 is 15.3 Å². The van der Waals surface area contributed by atoms with Crippen LogP contribution in [0.1, 0.15) is 22.9 Å². The standard InChI is InChI=1S/C16H23FN4O/c1-11-13(16(20(2)3)21(4)19-11)9-18-10-15(22)12-7-5-6-8-14(12)17/h5-8,15,18,22H,9-10H2,1-4H3/t15-/m1/s1. The van der Waals surface area contributed by atoms with E-state index in [1.165, 1.54) is 6.07 Å². The Balaban J connectivity index is 2.01. The number of anilines is 1. The molecule has 1 heterocycles. The van der Waals surface area contributed by atoms with Gasteiger partial charge in [-0.25, -0.2) is 4.39 Å². The Morgan fingerprint density at radius 2 is 2.05 bits per heavy atom. The number of hydrogen-bond acceptors (Lipinski definition) is 4. The topological polar surface area (TPSA) is 53.3 Å². The fraction of sp³-hybridized carbons (Fsp3) is 0.438. The first-order chi connectivity index (χ1) is 10.4. The Kier molecular flexibility index (Phi) is 5.15. The maximum absolute atomic E-state index is 13.6. The lowest BCUT2D eigenvalue weighted by molar-refractivity contribution is 0.169. The van der Waals surface area contributed by atoms with E-state index in [4.69, 9.17) is 0 Å². The van der Waals surface area contributed by atoms with E-state index in [1.807, 2.05) is 37.6 Å². The van der Waals surface area contributed by atoms with Crippen molar-refractivity contribution >= 4 is 5.82 Å². The van der Waals surface area contributed by atoms with Gasteiger partial charge in [-0.05, 0) is 13.0 Å². The molecule has 0 radical (unpaired) electrons. The molecular weight excluding hydrogens is 283 g/mol. The van der Waals surface area contributed by atoms with Crippen LogP contribution in [0.25, 0.3) is 0 Å². The van der Waals surface area contributed by atoms with E-state index in [2.05, 4.69) is 10.4 Å². The molecule has 0 amide bonds. The van der Waals surface area contributed by atoms with Gasteiger partial charge in [-0.1, -0.05) is 18.2 Å². The Bertz CT molecular complexity index is 639. The predicted octanol–water partition coefficient (Wildman–Crippen LogP) is 1.76. The van der Waals surface area contributed by atoms with Crippen molar-refractivity contribution in [1.82, 2.24) is 15.1 Å². The average Bonchev–Trinajstić information content (AvgIpc) is 2.73. The van der Waals surface area contributed by atoms with Gasteiger partial charge in [0.2, 0.25) is 0 Å². The van der Waals surface area contributed by atoms with Gasteiger partial charge in [0.25, 0.3) is 0 Å². The van der Waals surface area contributed by atoms with Crippen molar-refractivity contribution in [3.63, 3.8) is 0 Å². The highest BCUT2D eigenvalue weighted by molar-refractivity contribution is 5.48. The normalized spacial score (nSPS) is 12.5. The SMILES string of the molecule is Cc1nn(C)c(N(C)C)c1CNC[C@@H](O)c1ccccc1F. The summed E-state index contributed by atoms with van der Waals surface area (Å²) in [6.45, 7) is 2.80. The molecule has 0 aliphatic carbocycles. The zero-order valence-corrected chi connectivity index (χ0v) is 13.5. The summed E-state index contributed by atoms with van der Waals surface area (Å²) in [6, 6.07) is 6.29. The van der Waals surface area contributed by atoms with Gasteiger partial charge >= 0.3 is 0 Å². The highest BCUT2D eigenvalue weighted by Gasteiger charge is 2.16. The van der Waals surface area contributed by atoms with Gasteiger partial charge in [0.05, 0.1) is 11.8 Å². The summed E-state index contributed by atoms with van der Waals surface area (Å²) < 4.78 is 15.5. The summed E-state index contributed by atoms with van der Waals surface area (Å²) in [5, 5.41) is 17.7. The monoisotopic (exact) mass is 306 g/mol. The summed E-state index contributed by atoms with van der Waals surface area (Å²) in [6.07, 6.45) is -0.874. The maximum Gasteiger partial charge on any atom is 0.130 e. The Morgan fingerprint density at radius 3 is 2.68 bits per heavy atom. The number of nitrogens with zero attached hydrogens (tertiary/aromatic N) is 3. The molecule has 0 fully saturated rings. The number of benzene rings is 1. The van der Waals surface area contributed by atoms with E-state index >= 15 is 0 Å². The molecule has 1 aromatic heterocycles. The Hall–Kier alpha value is -1.92. The first kappa shape index (κ1) is 16.5. The van der Waals surface area contributed by atoms with Crippen LogP contribution >= 0.6 is 0 Å². The van der Waals surface area contributed by atoms with E-state index in [0.717, 1.165) is 17.1 Å². The second-order valence-electron chi connectivity index (χ2n) is 5.57. The van der Waals surface area contributed by atoms with Gasteiger partial charge in [-0.3, -0.25) is 4.68 Å². The molecule has 2 N–H and O–H groups in total. The largest absolute Gasteiger partial charge is 0.387 e. The van der Waals surface area contributed by atoms with Crippen LogP contribution < -0.4 is 10.2 Å². The van der Waals surface area contributed by atoms with Gasteiger partial charge in [-0.2, -0.15) is 5.10 Å². The third kappa shape index (κ3) is 3.45. The van der Waals surface area contributed by atoms with Gasteiger partial charge in [0.1, 0.15) is 11.6 Å². The lowest BCUT2D eigenvalue weighted by atomic mass is 10.1. The predicted molar refractivity (Wildman–Crippen MR) is 85.3 cm³/mol. The zero-order valence-electron chi connectivity index (χ0n) is 13.5. The highest BCUT2D eigenvalue weighted by Crippen LogP contribution is 2.21. The molecule has 1 atom stereocenters. The minimum Gasteiger partial charge on any atom is -0.387 e. The fourth-order valence-corrected chi connectivity index (χ4v) is 2.65. The van der Waals surface area contributed by atoms with Crippen LogP contribution in [0.15, 0.2) is 24.3 Å². The number of rotatable bonds is 6. The average molecular weight is 306 g/mol. The third-order valence-corrected chi connectivity index (χ3v) is 3.64. The van der Waals surface area contributed by atoms with Crippen molar-refractivity contribution in [3.05, 3.63) is 46.9 Å². The molecule has 120 valence electrons. The molecule has 0 spiro atoms. The van der Waals surface area contributed by atoms with Crippen LogP contribution in [0.3, 0.4) is 0 Å². The summed E-state index contributed by atoms with van der Waals surface area (Å²) in [5.41, 5.74) is 2.33. The van der Waals surface area contributed by atoms with Crippen LogP contribution in [0.4, 0.5) is 10.2 Å². The molecule has 0 aliphatic heterocycles. The van der Waals surface area contributed by atoms with Crippen molar-refractivity contribution in [2.45, 2.75) is 19.6 Å². The van der Waals surface area contributed by atoms with Crippen LogP contribution in [-0.2, 0) is 13.6 Å². The van der Waals surface area contributed by atoms with E-state index in [9.17, 15) is 9.50 Å². The molecule has 0 saturated carbocycles. The zero-order chi connectivity index (χ0) is 16.3. The second kappa shape index (κ2) is 6.89. The molecule has 6 heteroatoms. The van der Waals surface area contributed by atoms with Gasteiger partial charge in [0.15, 0.2) is 0 Å². The van der Waals surface area contributed by atoms with E-state index in [0.29, 0.717) is 12.1 Å². The summed E-state index contributed by atoms with van der Waals surface area (Å²) in [5.74, 6) is 0.633. The van der Waals surface area contributed by atoms with E-state index < -0.39 is 6.10 Å². The number of halogens is 1. The number of aromatic nitrogens is 2. The molecule has 22 heavy (non-hydrogen) atoms. The van der Waals surface area contributed by atoms with Crippen molar-refractivity contribution in [1.29, 1.82) is 0 Å². The number of aliphatic hydroxyl groups is 1. The number of aliphatic hydroxyl groups excluding tert-OH is 1. The molecule has 5 nitrogen and oxygen atoms in total. The van der Waals surface area contributed by atoms with E-state index in [-0.39, 0.29) is 12.4 Å². The van der Waals surface area contributed by atoms with Crippen LogP contribution in [0, 0.1) is 12.7 Å². The van der Waals surface area contributed by atoms with E-state index in [1.54, 1.807) is 18.2 Å². The minimum atomic E-state index is -0.874. The van der Waals surface area contributed by atoms with Crippen LogP contribution in [0.2, 0.25) is 0 Å². The lowest BCUT2D eigenvalue weighted by Gasteiger charge is -2.17. The molecular formula is C16H23FN4O. The lowest BCUT2D eigenvalue weighted by Crippen LogP contribution is -2.23. The van der Waals surface area contributed by atoms with Crippen molar-refractivity contribution in [2.75, 3.05) is 25.5 Å². The molecule has 2 rings (SSSR count). The van der Waals surface area contributed by atoms with Gasteiger partial charge in [0, 0.05) is 45.4 Å². The first-order valence-corrected chi connectivity index (χ1v) is 7.24. The molecule has 2 aromatic rings. The molecule has 0 saturated heterocycles. The quantitative estimate of drug-likeness (QED) is 0.854. The number of aryl methyl sites for hydroxylation is 2. The van der Waals surface area contributed by atoms with Crippen molar-refractivity contribution < 1.29 is 9.50 Å². The van der Waals surface area contributed by atoms with Crippen LogP contribution in [0.5, 0.6) is 0 Å². The van der Waals surface area contributed by atoms with Crippen LogP contribution in [-0.4, -0.2) is 35.5 Å². The number of hydrogen-bond donors (Lipinski definition) is 2. The summed E-state index contributed by atoms with van der Waals surface area (Å²) in [4.78, 5) is 2.00. The maximum atomic E-state index is 13.6. The third-order valence-electron chi connectivity index (χ3n) is 3.64. The first-order valence-electron chi connectivity index (χ1n) is 7.24. The summed E-state index contributed by atoms with van der Waals surface area (Å²) in [7, 11) is 5.84.